The van der Waals surface area contributed by atoms with E-state index in [1.165, 1.54) is 10.5 Å². The van der Waals surface area contributed by atoms with Gasteiger partial charge in [-0.3, -0.25) is 9.59 Å². The molecule has 2 amide bonds. The number of carbonyl (C=O) groups is 2. The number of nitrogens with one attached hydrogen (secondary N) is 1. The van der Waals surface area contributed by atoms with E-state index < -0.39 is 0 Å². The van der Waals surface area contributed by atoms with Crippen LogP contribution in [0.5, 0.6) is 0 Å². The molecule has 4 nitrogen and oxygen atoms in total. The fraction of sp³-hybridized carbons (Fsp3) is 0.300. The molecule has 0 aliphatic rings. The molecule has 0 unspecified atom stereocenters. The van der Waals surface area contributed by atoms with E-state index >= 15 is 0 Å². The number of benzene rings is 2. The van der Waals surface area contributed by atoms with Crippen LogP contribution < -0.4 is 5.32 Å². The molecular weight excluding hydrogens is 336 g/mol. The van der Waals surface area contributed by atoms with Crippen LogP contribution in [0.15, 0.2) is 48.5 Å². The monoisotopic (exact) mass is 358 g/mol. The number of carbonyl (C=O) groups excluding carboxylic acids is 2. The van der Waals surface area contributed by atoms with Gasteiger partial charge < -0.3 is 10.2 Å². The molecule has 0 fully saturated rings. The predicted octanol–water partition coefficient (Wildman–Crippen LogP) is 4.25. The summed E-state index contributed by atoms with van der Waals surface area (Å²) in [5.74, 6) is 0.137. The number of amides is 2. The minimum Gasteiger partial charge on any atom is -0.332 e. The van der Waals surface area contributed by atoms with Gasteiger partial charge in [-0.15, -0.1) is 0 Å². The highest BCUT2D eigenvalue weighted by atomic mass is 35.5. The standard InChI is InChI=1S/C20H23ClN2O2/c1-14(2)12-15-4-6-16(7-5-15)20(25)23(3)13-19(24)22-18-10-8-17(21)9-11-18/h4-11,14H,12-13H2,1-3H3,(H,22,24). The van der Waals surface area contributed by atoms with E-state index in [1.807, 2.05) is 24.3 Å². The summed E-state index contributed by atoms with van der Waals surface area (Å²) in [6, 6.07) is 14.4. The average Bonchev–Trinajstić information content (AvgIpc) is 2.56. The minimum absolute atomic E-state index is 0.0186. The summed E-state index contributed by atoms with van der Waals surface area (Å²) in [5.41, 5.74) is 2.43. The number of anilines is 1. The maximum Gasteiger partial charge on any atom is 0.254 e. The summed E-state index contributed by atoms with van der Waals surface area (Å²) in [4.78, 5) is 25.9. The highest BCUT2D eigenvalue weighted by Crippen LogP contribution is 2.14. The zero-order chi connectivity index (χ0) is 18.4. The summed E-state index contributed by atoms with van der Waals surface area (Å²) in [6.07, 6.45) is 0.980. The quantitative estimate of drug-likeness (QED) is 0.839. The summed E-state index contributed by atoms with van der Waals surface area (Å²) in [5, 5.41) is 3.35. The fourth-order valence-electron chi connectivity index (χ4n) is 2.50. The van der Waals surface area contributed by atoms with Crippen LogP contribution in [0, 0.1) is 5.92 Å². The fourth-order valence-corrected chi connectivity index (χ4v) is 2.62. The van der Waals surface area contributed by atoms with Crippen LogP contribution in [0.25, 0.3) is 0 Å². The van der Waals surface area contributed by atoms with Gasteiger partial charge in [0.05, 0.1) is 6.54 Å². The van der Waals surface area contributed by atoms with Crippen molar-refractivity contribution in [1.82, 2.24) is 4.90 Å². The van der Waals surface area contributed by atoms with Crippen molar-refractivity contribution >= 4 is 29.1 Å². The predicted molar refractivity (Wildman–Crippen MR) is 102 cm³/mol. The molecule has 0 saturated heterocycles. The van der Waals surface area contributed by atoms with Gasteiger partial charge in [0, 0.05) is 23.3 Å². The number of rotatable bonds is 6. The van der Waals surface area contributed by atoms with Crippen molar-refractivity contribution in [2.75, 3.05) is 18.9 Å². The van der Waals surface area contributed by atoms with E-state index in [4.69, 9.17) is 11.6 Å². The van der Waals surface area contributed by atoms with E-state index in [0.717, 1.165) is 6.42 Å². The van der Waals surface area contributed by atoms with Gasteiger partial charge in [-0.05, 0) is 54.3 Å². The maximum atomic E-state index is 12.4. The van der Waals surface area contributed by atoms with Crippen LogP contribution in [0.4, 0.5) is 5.69 Å². The highest BCUT2D eigenvalue weighted by molar-refractivity contribution is 6.30. The topological polar surface area (TPSA) is 49.4 Å². The molecule has 2 rings (SSSR count). The van der Waals surface area contributed by atoms with Crippen molar-refractivity contribution in [2.45, 2.75) is 20.3 Å². The maximum absolute atomic E-state index is 12.4. The van der Waals surface area contributed by atoms with Crippen LogP contribution in [0.2, 0.25) is 5.02 Å². The Morgan fingerprint density at radius 2 is 1.64 bits per heavy atom. The Balaban J connectivity index is 1.92. The van der Waals surface area contributed by atoms with Crippen molar-refractivity contribution in [2.24, 2.45) is 5.92 Å². The summed E-state index contributed by atoms with van der Waals surface area (Å²) < 4.78 is 0. The van der Waals surface area contributed by atoms with E-state index in [2.05, 4.69) is 19.2 Å². The van der Waals surface area contributed by atoms with E-state index in [-0.39, 0.29) is 18.4 Å². The van der Waals surface area contributed by atoms with Gasteiger partial charge in [-0.25, -0.2) is 0 Å². The first-order valence-electron chi connectivity index (χ1n) is 8.25. The Morgan fingerprint density at radius 1 is 1.04 bits per heavy atom. The zero-order valence-corrected chi connectivity index (χ0v) is 15.5. The Bertz CT molecular complexity index is 724. The molecule has 0 spiro atoms. The molecule has 0 heterocycles. The molecule has 0 aliphatic carbocycles. The third-order valence-corrected chi connectivity index (χ3v) is 3.95. The molecule has 0 atom stereocenters. The normalized spacial score (nSPS) is 10.6. The van der Waals surface area contributed by atoms with Gasteiger partial charge in [0.25, 0.3) is 5.91 Å². The van der Waals surface area contributed by atoms with Crippen molar-refractivity contribution in [1.29, 1.82) is 0 Å². The molecule has 0 aliphatic heterocycles. The second-order valence-corrected chi connectivity index (χ2v) is 6.95. The summed E-state index contributed by atoms with van der Waals surface area (Å²) in [6.45, 7) is 4.30. The van der Waals surface area contributed by atoms with Gasteiger partial charge in [0.15, 0.2) is 0 Å². The van der Waals surface area contributed by atoms with Gasteiger partial charge in [0.2, 0.25) is 5.91 Å². The lowest BCUT2D eigenvalue weighted by atomic mass is 10.0. The van der Waals surface area contributed by atoms with Gasteiger partial charge in [0.1, 0.15) is 0 Å². The summed E-state index contributed by atoms with van der Waals surface area (Å²) >= 11 is 5.82. The third-order valence-electron chi connectivity index (χ3n) is 3.70. The molecule has 2 aromatic rings. The molecule has 1 N–H and O–H groups in total. The van der Waals surface area contributed by atoms with Crippen LogP contribution >= 0.6 is 11.6 Å². The largest absolute Gasteiger partial charge is 0.332 e. The Labute approximate surface area is 153 Å². The Hall–Kier alpha value is -2.33. The molecule has 0 aromatic heterocycles. The lowest BCUT2D eigenvalue weighted by Crippen LogP contribution is -2.34. The molecule has 0 bridgehead atoms. The first-order valence-corrected chi connectivity index (χ1v) is 8.63. The van der Waals surface area contributed by atoms with E-state index in [0.29, 0.717) is 22.2 Å². The molecule has 132 valence electrons. The van der Waals surface area contributed by atoms with Crippen LogP contribution in [0.3, 0.4) is 0 Å². The number of hydrogen-bond donors (Lipinski definition) is 1. The van der Waals surface area contributed by atoms with Crippen molar-refractivity contribution in [3.63, 3.8) is 0 Å². The van der Waals surface area contributed by atoms with Crippen LogP contribution in [-0.2, 0) is 11.2 Å². The van der Waals surface area contributed by atoms with E-state index in [9.17, 15) is 9.59 Å². The lowest BCUT2D eigenvalue weighted by Gasteiger charge is -2.17. The minimum atomic E-state index is -0.255. The van der Waals surface area contributed by atoms with Crippen molar-refractivity contribution < 1.29 is 9.59 Å². The molecule has 5 heteroatoms. The van der Waals surface area contributed by atoms with Gasteiger partial charge in [-0.2, -0.15) is 0 Å². The Morgan fingerprint density at radius 3 is 2.20 bits per heavy atom. The van der Waals surface area contributed by atoms with Gasteiger partial charge >= 0.3 is 0 Å². The Kier molecular flexibility index (Phi) is 6.59. The first kappa shape index (κ1) is 19.0. The van der Waals surface area contributed by atoms with Crippen molar-refractivity contribution in [3.05, 3.63) is 64.7 Å². The van der Waals surface area contributed by atoms with Gasteiger partial charge in [-0.1, -0.05) is 37.6 Å². The molecule has 0 radical (unpaired) electrons. The van der Waals surface area contributed by atoms with Crippen molar-refractivity contribution in [3.8, 4) is 0 Å². The second kappa shape index (κ2) is 8.67. The third kappa shape index (κ3) is 5.91. The number of hydrogen-bond acceptors (Lipinski definition) is 2. The van der Waals surface area contributed by atoms with E-state index in [1.54, 1.807) is 31.3 Å². The lowest BCUT2D eigenvalue weighted by molar-refractivity contribution is -0.116. The molecule has 2 aromatic carbocycles. The zero-order valence-electron chi connectivity index (χ0n) is 14.8. The molecule has 25 heavy (non-hydrogen) atoms. The first-order chi connectivity index (χ1) is 11.8. The number of likely N-dealkylation sites (N-methyl/N-ethyl adjacent to an activating group) is 1. The second-order valence-electron chi connectivity index (χ2n) is 6.51. The smallest absolute Gasteiger partial charge is 0.254 e. The number of halogens is 1. The average molecular weight is 359 g/mol. The van der Waals surface area contributed by atoms with Crippen LogP contribution in [-0.4, -0.2) is 30.3 Å². The van der Waals surface area contributed by atoms with Crippen LogP contribution in [0.1, 0.15) is 29.8 Å². The summed E-state index contributed by atoms with van der Waals surface area (Å²) in [7, 11) is 1.62. The highest BCUT2D eigenvalue weighted by Gasteiger charge is 2.15. The molecular formula is C20H23ClN2O2. The molecule has 0 saturated carbocycles. The SMILES string of the molecule is CC(C)Cc1ccc(C(=O)N(C)CC(=O)Nc2ccc(Cl)cc2)cc1. The number of nitrogens with zero attached hydrogens (tertiary/aromatic N) is 1.